The van der Waals surface area contributed by atoms with Crippen molar-refractivity contribution < 1.29 is 49.3 Å². The number of aliphatic hydroxyl groups excluding tert-OH is 3. The molecule has 1 aromatic heterocycles. The van der Waals surface area contributed by atoms with Gasteiger partial charge in [-0.2, -0.15) is 0 Å². The zero-order valence-corrected chi connectivity index (χ0v) is 16.2. The lowest BCUT2D eigenvalue weighted by Gasteiger charge is -2.38. The average molecular weight is 446 g/mol. The SMILES string of the molecule is O=C(O)[C@@H]1O[C@@H](Oc2cc(O)c3c(=O)cc(-c4ccccc4)oc3c2O)[C@@H](O)[C@H](O)[C@@H]1O. The number of rotatable bonds is 4. The quantitative estimate of drug-likeness (QED) is 0.299. The molecule has 0 saturated carbocycles. The standard InChI is InChI=1S/C21H18O11/c22-9-6-11(8-4-2-1-3-5-8)30-18-13(9)10(23)7-12(14(18)24)31-21-17(27)15(25)16(26)19(32-21)20(28)29/h1-7,15-17,19,21,23-27H,(H,28,29)/t15-,16+,17+,19-,21-/m1/s1. The normalized spacial score (nSPS) is 25.5. The van der Waals surface area contributed by atoms with Crippen LogP contribution in [-0.2, 0) is 9.53 Å². The highest BCUT2D eigenvalue weighted by Gasteiger charge is 2.48. The molecule has 0 amide bonds. The molecule has 11 nitrogen and oxygen atoms in total. The Morgan fingerprint density at radius 2 is 1.66 bits per heavy atom. The molecule has 1 fully saturated rings. The smallest absolute Gasteiger partial charge is 0.335 e. The van der Waals surface area contributed by atoms with E-state index in [0.29, 0.717) is 5.56 Å². The van der Waals surface area contributed by atoms with Crippen molar-refractivity contribution in [3.63, 3.8) is 0 Å². The van der Waals surface area contributed by atoms with Crippen molar-refractivity contribution in [2.75, 3.05) is 0 Å². The van der Waals surface area contributed by atoms with Gasteiger partial charge < -0.3 is 44.5 Å². The lowest BCUT2D eigenvalue weighted by Crippen LogP contribution is -2.61. The molecule has 0 radical (unpaired) electrons. The number of aromatic hydroxyl groups is 2. The first-order valence-electron chi connectivity index (χ1n) is 9.36. The van der Waals surface area contributed by atoms with Crippen molar-refractivity contribution in [3.8, 4) is 28.6 Å². The largest absolute Gasteiger partial charge is 0.507 e. The second kappa shape index (κ2) is 8.13. The Kier molecular flexibility index (Phi) is 5.48. The molecule has 4 rings (SSSR count). The minimum atomic E-state index is -1.94. The Morgan fingerprint density at radius 3 is 2.31 bits per heavy atom. The van der Waals surface area contributed by atoms with Gasteiger partial charge in [-0.15, -0.1) is 0 Å². The van der Waals surface area contributed by atoms with Gasteiger partial charge in [0.2, 0.25) is 12.0 Å². The maximum atomic E-state index is 12.5. The maximum absolute atomic E-state index is 12.5. The maximum Gasteiger partial charge on any atom is 0.335 e. The Labute approximate surface area is 178 Å². The van der Waals surface area contributed by atoms with Crippen LogP contribution in [0.1, 0.15) is 0 Å². The Bertz CT molecular complexity index is 1220. The minimum Gasteiger partial charge on any atom is -0.507 e. The number of hydrogen-bond acceptors (Lipinski definition) is 10. The first kappa shape index (κ1) is 21.6. The van der Waals surface area contributed by atoms with E-state index in [9.17, 15) is 35.1 Å². The van der Waals surface area contributed by atoms with Crippen molar-refractivity contribution in [1.29, 1.82) is 0 Å². The Hall–Kier alpha value is -3.64. The first-order valence-corrected chi connectivity index (χ1v) is 9.36. The zero-order chi connectivity index (χ0) is 23.2. The summed E-state index contributed by atoms with van der Waals surface area (Å²) in [6.07, 6.45) is -9.56. The number of aliphatic hydroxyl groups is 3. The van der Waals surface area contributed by atoms with Gasteiger partial charge in [0.05, 0.1) is 0 Å². The van der Waals surface area contributed by atoms with Gasteiger partial charge in [-0.1, -0.05) is 30.3 Å². The molecule has 2 heterocycles. The molecule has 1 aliphatic rings. The predicted octanol–water partition coefficient (Wildman–Crippen LogP) is 0.142. The molecule has 0 spiro atoms. The van der Waals surface area contributed by atoms with Crippen LogP contribution < -0.4 is 10.2 Å². The third kappa shape index (κ3) is 3.63. The number of phenols is 2. The van der Waals surface area contributed by atoms with E-state index in [2.05, 4.69) is 0 Å². The molecule has 1 aliphatic heterocycles. The first-order chi connectivity index (χ1) is 15.2. The fourth-order valence-electron chi connectivity index (χ4n) is 3.39. The average Bonchev–Trinajstić information content (AvgIpc) is 2.77. The van der Waals surface area contributed by atoms with Gasteiger partial charge in [0.15, 0.2) is 22.9 Å². The van der Waals surface area contributed by atoms with Crippen LogP contribution in [0.2, 0.25) is 0 Å². The molecular formula is C21H18O11. The summed E-state index contributed by atoms with van der Waals surface area (Å²) >= 11 is 0. The lowest BCUT2D eigenvalue weighted by molar-refractivity contribution is -0.271. The monoisotopic (exact) mass is 446 g/mol. The van der Waals surface area contributed by atoms with E-state index < -0.39 is 64.9 Å². The van der Waals surface area contributed by atoms with Gasteiger partial charge >= 0.3 is 5.97 Å². The lowest BCUT2D eigenvalue weighted by atomic mass is 9.99. The Morgan fingerprint density at radius 1 is 0.969 bits per heavy atom. The number of fused-ring (bicyclic) bond motifs is 1. The third-order valence-corrected chi connectivity index (χ3v) is 5.03. The highest BCUT2D eigenvalue weighted by atomic mass is 16.7. The summed E-state index contributed by atoms with van der Waals surface area (Å²) in [4.78, 5) is 23.8. The number of hydrogen-bond donors (Lipinski definition) is 6. The highest BCUT2D eigenvalue weighted by Crippen LogP contribution is 2.41. The number of aliphatic carboxylic acids is 1. The molecule has 1 saturated heterocycles. The summed E-state index contributed by atoms with van der Waals surface area (Å²) in [5.74, 6) is -3.42. The summed E-state index contributed by atoms with van der Waals surface area (Å²) in [5, 5.41) is 59.5. The van der Waals surface area contributed by atoms with Crippen LogP contribution in [0, 0.1) is 0 Å². The van der Waals surface area contributed by atoms with E-state index >= 15 is 0 Å². The van der Waals surface area contributed by atoms with Crippen LogP contribution in [0.15, 0.2) is 51.7 Å². The number of benzene rings is 2. The van der Waals surface area contributed by atoms with Crippen LogP contribution in [0.3, 0.4) is 0 Å². The minimum absolute atomic E-state index is 0.0911. The van der Waals surface area contributed by atoms with E-state index in [4.69, 9.17) is 19.0 Å². The highest BCUT2D eigenvalue weighted by molar-refractivity contribution is 5.91. The summed E-state index contributed by atoms with van der Waals surface area (Å²) in [6.45, 7) is 0. The van der Waals surface area contributed by atoms with Gasteiger partial charge in [0.25, 0.3) is 0 Å². The van der Waals surface area contributed by atoms with Crippen LogP contribution >= 0.6 is 0 Å². The van der Waals surface area contributed by atoms with E-state index in [1.807, 2.05) is 0 Å². The van der Waals surface area contributed by atoms with Crippen LogP contribution in [0.4, 0.5) is 0 Å². The summed E-state index contributed by atoms with van der Waals surface area (Å²) in [6, 6.07) is 10.5. The number of ether oxygens (including phenoxy) is 2. The van der Waals surface area contributed by atoms with Crippen molar-refractivity contribution >= 4 is 16.9 Å². The molecule has 0 bridgehead atoms. The topological polar surface area (TPSA) is 187 Å². The molecule has 168 valence electrons. The third-order valence-electron chi connectivity index (χ3n) is 5.03. The second-order valence-corrected chi connectivity index (χ2v) is 7.14. The van der Waals surface area contributed by atoms with Crippen LogP contribution in [0.5, 0.6) is 17.2 Å². The molecule has 2 aromatic carbocycles. The van der Waals surface area contributed by atoms with E-state index in [1.54, 1.807) is 30.3 Å². The van der Waals surface area contributed by atoms with Gasteiger partial charge in [0.1, 0.15) is 35.2 Å². The van der Waals surface area contributed by atoms with Crippen molar-refractivity contribution in [3.05, 3.63) is 52.7 Å². The fraction of sp³-hybridized carbons (Fsp3) is 0.238. The van der Waals surface area contributed by atoms with Crippen molar-refractivity contribution in [1.82, 2.24) is 0 Å². The number of carbonyl (C=O) groups is 1. The summed E-state index contributed by atoms with van der Waals surface area (Å²) in [7, 11) is 0. The van der Waals surface area contributed by atoms with Gasteiger partial charge in [-0.05, 0) is 0 Å². The number of carboxylic acid groups (broad SMARTS) is 1. The zero-order valence-electron chi connectivity index (χ0n) is 16.2. The number of phenolic OH excluding ortho intramolecular Hbond substituents is 2. The summed E-state index contributed by atoms with van der Waals surface area (Å²) < 4.78 is 15.9. The van der Waals surface area contributed by atoms with Crippen LogP contribution in [-0.4, -0.2) is 67.3 Å². The molecule has 0 aliphatic carbocycles. The molecule has 0 unspecified atom stereocenters. The predicted molar refractivity (Wildman–Crippen MR) is 106 cm³/mol. The van der Waals surface area contributed by atoms with Crippen molar-refractivity contribution in [2.45, 2.75) is 30.7 Å². The van der Waals surface area contributed by atoms with Crippen molar-refractivity contribution in [2.24, 2.45) is 0 Å². The molecule has 11 heteroatoms. The molecule has 6 N–H and O–H groups in total. The van der Waals surface area contributed by atoms with E-state index in [1.165, 1.54) is 0 Å². The van der Waals surface area contributed by atoms with Gasteiger partial charge in [0, 0.05) is 17.7 Å². The van der Waals surface area contributed by atoms with E-state index in [0.717, 1.165) is 12.1 Å². The summed E-state index contributed by atoms with van der Waals surface area (Å²) in [5.41, 5.74) is -0.556. The number of carboxylic acids is 1. The molecule has 32 heavy (non-hydrogen) atoms. The molecular weight excluding hydrogens is 428 g/mol. The van der Waals surface area contributed by atoms with Crippen LogP contribution in [0.25, 0.3) is 22.3 Å². The fourth-order valence-corrected chi connectivity index (χ4v) is 3.39. The van der Waals surface area contributed by atoms with Gasteiger partial charge in [-0.25, -0.2) is 4.79 Å². The molecule has 5 atom stereocenters. The van der Waals surface area contributed by atoms with Gasteiger partial charge in [-0.3, -0.25) is 4.79 Å². The second-order valence-electron chi connectivity index (χ2n) is 7.14. The Balaban J connectivity index is 1.77. The molecule has 3 aromatic rings. The van der Waals surface area contributed by atoms with E-state index in [-0.39, 0.29) is 11.1 Å².